The average Bonchev–Trinajstić information content (AvgIpc) is 2.77. The molecule has 0 saturated carbocycles. The molecule has 1 aromatic heterocycles. The van der Waals surface area contributed by atoms with E-state index in [0.29, 0.717) is 5.69 Å². The van der Waals surface area contributed by atoms with Crippen LogP contribution in [-0.2, 0) is 6.54 Å². The first-order valence-corrected chi connectivity index (χ1v) is 5.78. The van der Waals surface area contributed by atoms with Gasteiger partial charge in [0.1, 0.15) is 12.2 Å². The molecule has 0 aliphatic rings. The van der Waals surface area contributed by atoms with Gasteiger partial charge in [0.05, 0.1) is 16.8 Å². The Labute approximate surface area is 113 Å². The second kappa shape index (κ2) is 5.64. The lowest BCUT2D eigenvalue weighted by Gasteiger charge is -2.05. The summed E-state index contributed by atoms with van der Waals surface area (Å²) in [6.45, 7) is 1.23. The van der Waals surface area contributed by atoms with Crippen LogP contribution >= 0.6 is 0 Å². The van der Waals surface area contributed by atoms with Gasteiger partial charge in [0.25, 0.3) is 12.1 Å². The minimum Gasteiger partial charge on any atom is -0.347 e. The van der Waals surface area contributed by atoms with Gasteiger partial charge >= 0.3 is 0 Å². The number of alkyl halides is 2. The van der Waals surface area contributed by atoms with E-state index in [9.17, 15) is 18.9 Å². The van der Waals surface area contributed by atoms with Crippen LogP contribution in [0.4, 0.5) is 25.8 Å². The van der Waals surface area contributed by atoms with Gasteiger partial charge < -0.3 is 5.32 Å². The summed E-state index contributed by atoms with van der Waals surface area (Å²) in [4.78, 5) is 10.5. The van der Waals surface area contributed by atoms with E-state index in [1.54, 1.807) is 19.1 Å². The zero-order valence-corrected chi connectivity index (χ0v) is 10.6. The quantitative estimate of drug-likeness (QED) is 0.675. The number of nitrogens with zero attached hydrogens (tertiary/aromatic N) is 3. The predicted molar refractivity (Wildman–Crippen MR) is 69.3 cm³/mol. The van der Waals surface area contributed by atoms with Crippen LogP contribution in [-0.4, -0.2) is 21.1 Å². The fourth-order valence-corrected chi connectivity index (χ4v) is 1.72. The number of nitrogens with one attached hydrogen (secondary N) is 1. The number of hydrogen-bond acceptors (Lipinski definition) is 4. The first-order chi connectivity index (χ1) is 9.45. The van der Waals surface area contributed by atoms with Gasteiger partial charge in [-0.1, -0.05) is 6.07 Å². The summed E-state index contributed by atoms with van der Waals surface area (Å²) in [5.74, 6) is 0. The Hall–Kier alpha value is -2.51. The summed E-state index contributed by atoms with van der Waals surface area (Å²) < 4.78 is 25.5. The number of anilines is 2. The van der Waals surface area contributed by atoms with Crippen molar-refractivity contribution >= 4 is 17.1 Å². The molecule has 2 aromatic rings. The summed E-state index contributed by atoms with van der Waals surface area (Å²) in [6.07, 6.45) is 0.207. The van der Waals surface area contributed by atoms with Crippen molar-refractivity contribution in [1.29, 1.82) is 0 Å². The van der Waals surface area contributed by atoms with Gasteiger partial charge in [-0.3, -0.25) is 14.8 Å². The molecule has 0 radical (unpaired) electrons. The molecule has 1 aromatic carbocycles. The van der Waals surface area contributed by atoms with Gasteiger partial charge in [-0.05, 0) is 18.6 Å². The monoisotopic (exact) mass is 282 g/mol. The number of nitro benzene ring substituents is 1. The van der Waals surface area contributed by atoms with Gasteiger partial charge in [-0.2, -0.15) is 5.10 Å². The van der Waals surface area contributed by atoms with E-state index < -0.39 is 17.9 Å². The first kappa shape index (κ1) is 13.9. The topological polar surface area (TPSA) is 73.0 Å². The number of nitro groups is 1. The van der Waals surface area contributed by atoms with Crippen LogP contribution in [0.5, 0.6) is 0 Å². The van der Waals surface area contributed by atoms with Crippen molar-refractivity contribution in [3.8, 4) is 0 Å². The van der Waals surface area contributed by atoms with Crippen molar-refractivity contribution in [3.05, 3.63) is 46.3 Å². The molecule has 0 unspecified atom stereocenters. The van der Waals surface area contributed by atoms with E-state index >= 15 is 0 Å². The van der Waals surface area contributed by atoms with E-state index in [4.69, 9.17) is 0 Å². The average molecular weight is 282 g/mol. The van der Waals surface area contributed by atoms with Crippen LogP contribution in [0, 0.1) is 17.0 Å². The van der Waals surface area contributed by atoms with Crippen molar-refractivity contribution in [2.45, 2.75) is 19.9 Å². The Bertz CT molecular complexity index is 628. The summed E-state index contributed by atoms with van der Waals surface area (Å²) in [7, 11) is 0. The Balaban J connectivity index is 2.21. The molecule has 0 aliphatic carbocycles. The van der Waals surface area contributed by atoms with Gasteiger partial charge in [0, 0.05) is 12.3 Å². The molecule has 0 amide bonds. The van der Waals surface area contributed by atoms with Crippen LogP contribution in [0.2, 0.25) is 0 Å². The predicted octanol–water partition coefficient (Wildman–Crippen LogP) is 3.11. The lowest BCUT2D eigenvalue weighted by atomic mass is 10.2. The van der Waals surface area contributed by atoms with Crippen LogP contribution < -0.4 is 5.32 Å². The third-order valence-corrected chi connectivity index (χ3v) is 2.59. The molecule has 0 atom stereocenters. The van der Waals surface area contributed by atoms with Crippen molar-refractivity contribution in [2.24, 2.45) is 0 Å². The number of benzene rings is 1. The van der Waals surface area contributed by atoms with E-state index in [1.165, 1.54) is 18.5 Å². The molecule has 6 nitrogen and oxygen atoms in total. The van der Waals surface area contributed by atoms with Gasteiger partial charge in [-0.15, -0.1) is 0 Å². The molecule has 1 heterocycles. The molecular weight excluding hydrogens is 270 g/mol. The van der Waals surface area contributed by atoms with E-state index in [0.717, 1.165) is 10.2 Å². The van der Waals surface area contributed by atoms with Gasteiger partial charge in [0.15, 0.2) is 0 Å². The summed E-state index contributed by atoms with van der Waals surface area (Å²) >= 11 is 0. The van der Waals surface area contributed by atoms with Crippen LogP contribution in [0.3, 0.4) is 0 Å². The molecule has 8 heteroatoms. The van der Waals surface area contributed by atoms with Crippen molar-refractivity contribution in [2.75, 3.05) is 5.32 Å². The highest BCUT2D eigenvalue weighted by atomic mass is 19.3. The molecule has 2 rings (SSSR count). The zero-order chi connectivity index (χ0) is 14.7. The molecule has 20 heavy (non-hydrogen) atoms. The van der Waals surface area contributed by atoms with Gasteiger partial charge in [0.2, 0.25) is 0 Å². The highest BCUT2D eigenvalue weighted by Gasteiger charge is 2.14. The Kier molecular flexibility index (Phi) is 3.92. The minimum absolute atomic E-state index is 0.0772. The zero-order valence-electron chi connectivity index (χ0n) is 10.6. The largest absolute Gasteiger partial charge is 0.347 e. The third kappa shape index (κ3) is 3.28. The molecule has 0 fully saturated rings. The van der Waals surface area contributed by atoms with E-state index in [2.05, 4.69) is 10.4 Å². The van der Waals surface area contributed by atoms with Crippen LogP contribution in [0.1, 0.15) is 5.56 Å². The molecule has 0 bridgehead atoms. The van der Waals surface area contributed by atoms with Crippen LogP contribution in [0.15, 0.2) is 30.6 Å². The summed E-state index contributed by atoms with van der Waals surface area (Å²) in [6, 6.07) is 4.72. The van der Waals surface area contributed by atoms with E-state index in [1.807, 2.05) is 0 Å². The maximum atomic E-state index is 12.2. The maximum Gasteiger partial charge on any atom is 0.292 e. The van der Waals surface area contributed by atoms with Gasteiger partial charge in [-0.25, -0.2) is 8.78 Å². The maximum absolute atomic E-state index is 12.2. The third-order valence-electron chi connectivity index (χ3n) is 2.59. The molecule has 1 N–H and O–H groups in total. The standard InChI is InChI=1S/C12H12F2N4O2/c1-8-2-3-10(11(4-8)18(19)20)16-9-5-15-17(6-9)7-12(13)14/h2-6,12,16H,7H2,1H3. The second-order valence-corrected chi connectivity index (χ2v) is 4.24. The number of halogens is 2. The fourth-order valence-electron chi connectivity index (χ4n) is 1.72. The van der Waals surface area contributed by atoms with Crippen LogP contribution in [0.25, 0.3) is 0 Å². The molecule has 0 spiro atoms. The first-order valence-electron chi connectivity index (χ1n) is 5.78. The Morgan fingerprint density at radius 3 is 2.90 bits per heavy atom. The SMILES string of the molecule is Cc1ccc(Nc2cnn(CC(F)F)c2)c([N+](=O)[O-])c1. The summed E-state index contributed by atoms with van der Waals surface area (Å²) in [5, 5.41) is 17.5. The second-order valence-electron chi connectivity index (χ2n) is 4.24. The highest BCUT2D eigenvalue weighted by molar-refractivity contribution is 5.69. The van der Waals surface area contributed by atoms with Crippen molar-refractivity contribution < 1.29 is 13.7 Å². The Morgan fingerprint density at radius 2 is 2.25 bits per heavy atom. The number of aromatic nitrogens is 2. The molecule has 0 aliphatic heterocycles. The molecule has 106 valence electrons. The molecular formula is C12H12F2N4O2. The number of aryl methyl sites for hydroxylation is 1. The van der Waals surface area contributed by atoms with Crippen molar-refractivity contribution in [1.82, 2.24) is 9.78 Å². The Morgan fingerprint density at radius 1 is 1.50 bits per heavy atom. The lowest BCUT2D eigenvalue weighted by Crippen LogP contribution is -2.06. The number of rotatable bonds is 5. The van der Waals surface area contributed by atoms with E-state index in [-0.39, 0.29) is 11.4 Å². The molecule has 0 saturated heterocycles. The smallest absolute Gasteiger partial charge is 0.292 e. The lowest BCUT2D eigenvalue weighted by molar-refractivity contribution is -0.384. The normalized spacial score (nSPS) is 10.8. The highest BCUT2D eigenvalue weighted by Crippen LogP contribution is 2.28. The fraction of sp³-hybridized carbons (Fsp3) is 0.250. The van der Waals surface area contributed by atoms with Crippen molar-refractivity contribution in [3.63, 3.8) is 0 Å². The summed E-state index contributed by atoms with van der Waals surface area (Å²) in [5.41, 5.74) is 1.39. The number of hydrogen-bond donors (Lipinski definition) is 1. The minimum atomic E-state index is -2.50.